The molecule has 0 aromatic heterocycles. The lowest BCUT2D eigenvalue weighted by Gasteiger charge is -2.25. The van der Waals surface area contributed by atoms with Gasteiger partial charge in [0.15, 0.2) is 0 Å². The van der Waals surface area contributed by atoms with Crippen LogP contribution >= 0.6 is 23.2 Å². The van der Waals surface area contributed by atoms with Gasteiger partial charge in [0.1, 0.15) is 6.54 Å². The fourth-order valence-electron chi connectivity index (χ4n) is 2.73. The van der Waals surface area contributed by atoms with E-state index in [9.17, 15) is 23.3 Å². The number of nitrogens with one attached hydrogen (secondary N) is 1. The van der Waals surface area contributed by atoms with E-state index in [1.54, 1.807) is 18.2 Å². The fraction of sp³-hybridized carbons (Fsp3) is 0.0500. The number of hydrogen-bond acceptors (Lipinski definition) is 5. The predicted molar refractivity (Wildman–Crippen MR) is 119 cm³/mol. The number of benzene rings is 3. The lowest BCUT2D eigenvalue weighted by Crippen LogP contribution is -2.38. The molecule has 3 aromatic rings. The number of non-ortho nitro benzene ring substituents is 1. The van der Waals surface area contributed by atoms with Crippen molar-refractivity contribution in [2.45, 2.75) is 4.90 Å². The van der Waals surface area contributed by atoms with E-state index in [2.05, 4.69) is 5.32 Å². The summed E-state index contributed by atoms with van der Waals surface area (Å²) in [5.41, 5.74) is -0.0508. The second-order valence-electron chi connectivity index (χ2n) is 6.25. The van der Waals surface area contributed by atoms with Crippen molar-refractivity contribution in [1.82, 2.24) is 0 Å². The first-order valence-corrected chi connectivity index (χ1v) is 11.0. The van der Waals surface area contributed by atoms with Gasteiger partial charge in [0.25, 0.3) is 15.7 Å². The number of nitro benzene ring substituents is 1. The number of halogens is 2. The summed E-state index contributed by atoms with van der Waals surface area (Å²) >= 11 is 12.3. The van der Waals surface area contributed by atoms with Crippen molar-refractivity contribution in [3.05, 3.63) is 93.0 Å². The van der Waals surface area contributed by atoms with Crippen LogP contribution in [0.25, 0.3) is 0 Å². The highest BCUT2D eigenvalue weighted by Gasteiger charge is 2.29. The summed E-state index contributed by atoms with van der Waals surface area (Å²) in [6.45, 7) is -0.639. The molecule has 0 aliphatic carbocycles. The van der Waals surface area contributed by atoms with Crippen molar-refractivity contribution in [2.75, 3.05) is 16.2 Å². The van der Waals surface area contributed by atoms with Gasteiger partial charge < -0.3 is 5.32 Å². The maximum atomic E-state index is 13.3. The molecule has 3 rings (SSSR count). The first kappa shape index (κ1) is 22.5. The molecule has 1 amide bonds. The summed E-state index contributed by atoms with van der Waals surface area (Å²) in [6.07, 6.45) is 0. The zero-order chi connectivity index (χ0) is 22.6. The monoisotopic (exact) mass is 479 g/mol. The summed E-state index contributed by atoms with van der Waals surface area (Å²) in [6, 6.07) is 17.3. The smallest absolute Gasteiger partial charge is 0.271 e. The fourth-order valence-corrected chi connectivity index (χ4v) is 4.63. The molecule has 0 bridgehead atoms. The van der Waals surface area contributed by atoms with Gasteiger partial charge in [-0.25, -0.2) is 8.42 Å². The summed E-state index contributed by atoms with van der Waals surface area (Å²) in [5, 5.41) is 13.5. The Morgan fingerprint density at radius 2 is 1.68 bits per heavy atom. The molecule has 0 heterocycles. The van der Waals surface area contributed by atoms with Gasteiger partial charge in [0.2, 0.25) is 5.91 Å². The van der Waals surface area contributed by atoms with Crippen LogP contribution in [0.2, 0.25) is 10.0 Å². The highest BCUT2D eigenvalue weighted by atomic mass is 35.5. The lowest BCUT2D eigenvalue weighted by atomic mass is 10.3. The van der Waals surface area contributed by atoms with Crippen molar-refractivity contribution in [2.24, 2.45) is 0 Å². The van der Waals surface area contributed by atoms with Crippen LogP contribution in [0.3, 0.4) is 0 Å². The maximum absolute atomic E-state index is 13.3. The molecule has 0 aliphatic rings. The minimum absolute atomic E-state index is 0.0206. The number of carbonyl (C=O) groups excluding carboxylic acids is 1. The van der Waals surface area contributed by atoms with E-state index in [4.69, 9.17) is 23.2 Å². The van der Waals surface area contributed by atoms with Crippen LogP contribution in [0.1, 0.15) is 0 Å². The third-order valence-corrected chi connectivity index (χ3v) is 6.74. The second kappa shape index (κ2) is 9.34. The van der Waals surface area contributed by atoms with Crippen LogP contribution < -0.4 is 9.62 Å². The van der Waals surface area contributed by atoms with Crippen LogP contribution in [0.5, 0.6) is 0 Å². The molecule has 8 nitrogen and oxygen atoms in total. The van der Waals surface area contributed by atoms with E-state index in [0.717, 1.165) is 4.31 Å². The number of hydrogen-bond donors (Lipinski definition) is 1. The number of rotatable bonds is 7. The highest BCUT2D eigenvalue weighted by molar-refractivity contribution is 7.92. The van der Waals surface area contributed by atoms with Crippen molar-refractivity contribution in [3.8, 4) is 0 Å². The minimum atomic E-state index is -4.18. The van der Waals surface area contributed by atoms with Crippen molar-refractivity contribution < 1.29 is 18.1 Å². The van der Waals surface area contributed by atoms with Crippen LogP contribution in [-0.2, 0) is 14.8 Å². The van der Waals surface area contributed by atoms with Gasteiger partial charge in [0, 0.05) is 17.8 Å². The number of amides is 1. The molecule has 0 spiro atoms. The van der Waals surface area contributed by atoms with Gasteiger partial charge in [-0.05, 0) is 30.3 Å². The van der Waals surface area contributed by atoms with E-state index in [1.807, 2.05) is 0 Å². The van der Waals surface area contributed by atoms with E-state index < -0.39 is 27.4 Å². The van der Waals surface area contributed by atoms with Gasteiger partial charge in [-0.3, -0.25) is 19.2 Å². The molecule has 0 unspecified atom stereocenters. The summed E-state index contributed by atoms with van der Waals surface area (Å²) in [7, 11) is -4.18. The van der Waals surface area contributed by atoms with E-state index >= 15 is 0 Å². The normalized spacial score (nSPS) is 11.0. The molecule has 160 valence electrons. The standard InChI is InChI=1S/C20H15Cl2N3O5S/c21-17-10-5-11-18(20(17)22)24(31(29,30)16-8-2-1-3-9-16)13-19(26)23-14-6-4-7-15(12-14)25(27)28/h1-12H,13H2,(H,23,26). The number of carbonyl (C=O) groups is 1. The highest BCUT2D eigenvalue weighted by Crippen LogP contribution is 2.35. The molecule has 0 radical (unpaired) electrons. The van der Waals surface area contributed by atoms with Gasteiger partial charge >= 0.3 is 0 Å². The van der Waals surface area contributed by atoms with Crippen LogP contribution in [-0.4, -0.2) is 25.8 Å². The average molecular weight is 480 g/mol. The Morgan fingerprint density at radius 1 is 1.00 bits per heavy atom. The quantitative estimate of drug-likeness (QED) is 0.388. The Hall–Kier alpha value is -3.14. The van der Waals surface area contributed by atoms with Crippen molar-refractivity contribution >= 4 is 56.2 Å². The Morgan fingerprint density at radius 3 is 2.35 bits per heavy atom. The number of nitro groups is 1. The van der Waals surface area contributed by atoms with E-state index in [0.29, 0.717) is 0 Å². The number of anilines is 2. The SMILES string of the molecule is O=C(CN(c1cccc(Cl)c1Cl)S(=O)(=O)c1ccccc1)Nc1cccc([N+](=O)[O-])c1. The summed E-state index contributed by atoms with van der Waals surface area (Å²) < 4.78 is 27.4. The molecule has 1 N–H and O–H groups in total. The van der Waals surface area contributed by atoms with E-state index in [1.165, 1.54) is 54.6 Å². The number of nitrogens with zero attached hydrogens (tertiary/aromatic N) is 2. The number of sulfonamides is 1. The lowest BCUT2D eigenvalue weighted by molar-refractivity contribution is -0.384. The molecule has 11 heteroatoms. The van der Waals surface area contributed by atoms with Gasteiger partial charge in [-0.2, -0.15) is 0 Å². The molecule has 0 atom stereocenters. The van der Waals surface area contributed by atoms with Gasteiger partial charge in [0.05, 0.1) is 25.6 Å². The first-order valence-electron chi connectivity index (χ1n) is 8.76. The van der Waals surface area contributed by atoms with Gasteiger partial charge in [-0.15, -0.1) is 0 Å². The van der Waals surface area contributed by atoms with Crippen LogP contribution in [0.4, 0.5) is 17.1 Å². The third kappa shape index (κ3) is 5.13. The summed E-state index contributed by atoms with van der Waals surface area (Å²) in [4.78, 5) is 23.0. The van der Waals surface area contributed by atoms with Crippen LogP contribution in [0, 0.1) is 10.1 Å². The Bertz CT molecular complexity index is 1240. The molecular formula is C20H15Cl2N3O5S. The molecule has 3 aromatic carbocycles. The predicted octanol–water partition coefficient (Wildman–Crippen LogP) is 4.74. The van der Waals surface area contributed by atoms with Gasteiger partial charge in [-0.1, -0.05) is 53.5 Å². The van der Waals surface area contributed by atoms with Crippen molar-refractivity contribution in [3.63, 3.8) is 0 Å². The maximum Gasteiger partial charge on any atom is 0.271 e. The topological polar surface area (TPSA) is 110 Å². The second-order valence-corrected chi connectivity index (χ2v) is 8.90. The van der Waals surface area contributed by atoms with Crippen molar-refractivity contribution in [1.29, 1.82) is 0 Å². The Labute approximate surface area is 188 Å². The molecule has 31 heavy (non-hydrogen) atoms. The first-order chi connectivity index (χ1) is 14.7. The zero-order valence-electron chi connectivity index (χ0n) is 15.7. The molecule has 0 saturated heterocycles. The van der Waals surface area contributed by atoms with E-state index in [-0.39, 0.29) is 32.0 Å². The Balaban J connectivity index is 1.97. The third-order valence-electron chi connectivity index (χ3n) is 4.16. The molecule has 0 saturated carbocycles. The Kier molecular flexibility index (Phi) is 6.79. The minimum Gasteiger partial charge on any atom is -0.324 e. The average Bonchev–Trinajstić information content (AvgIpc) is 2.75. The zero-order valence-corrected chi connectivity index (χ0v) is 18.1. The molecular weight excluding hydrogens is 465 g/mol. The molecule has 0 fully saturated rings. The molecule has 0 aliphatic heterocycles. The summed E-state index contributed by atoms with van der Waals surface area (Å²) in [5.74, 6) is -0.726. The largest absolute Gasteiger partial charge is 0.324 e. The van der Waals surface area contributed by atoms with Crippen LogP contribution in [0.15, 0.2) is 77.7 Å².